The molecule has 0 bridgehead atoms. The van der Waals surface area contributed by atoms with Crippen LogP contribution in [0, 0.1) is 0 Å². The summed E-state index contributed by atoms with van der Waals surface area (Å²) in [5.74, 6) is 0.494. The fraction of sp³-hybridized carbons (Fsp3) is 0.318. The molecule has 0 spiro atoms. The summed E-state index contributed by atoms with van der Waals surface area (Å²) in [6.45, 7) is 4.13. The summed E-state index contributed by atoms with van der Waals surface area (Å²) >= 11 is 3.37. The van der Waals surface area contributed by atoms with Crippen molar-refractivity contribution in [3.8, 4) is 11.4 Å². The van der Waals surface area contributed by atoms with E-state index in [1.54, 1.807) is 4.90 Å². The van der Waals surface area contributed by atoms with Crippen molar-refractivity contribution >= 4 is 21.8 Å². The van der Waals surface area contributed by atoms with Gasteiger partial charge in [0.2, 0.25) is 11.7 Å². The van der Waals surface area contributed by atoms with Crippen molar-refractivity contribution in [2.24, 2.45) is 0 Å². The molecule has 0 fully saturated rings. The molecule has 0 aliphatic carbocycles. The smallest absolute Gasteiger partial charge is 0.339 e. The Balaban J connectivity index is 1.72. The van der Waals surface area contributed by atoms with E-state index in [2.05, 4.69) is 26.1 Å². The van der Waals surface area contributed by atoms with Crippen LogP contribution < -0.4 is 0 Å². The molecule has 0 N–H and O–H groups in total. The van der Waals surface area contributed by atoms with E-state index in [9.17, 15) is 18.0 Å². The van der Waals surface area contributed by atoms with Crippen LogP contribution in [0.15, 0.2) is 57.5 Å². The molecule has 2 aromatic carbocycles. The highest BCUT2D eigenvalue weighted by Crippen LogP contribution is 2.29. The number of hydrogen-bond acceptors (Lipinski definition) is 4. The van der Waals surface area contributed by atoms with Gasteiger partial charge in [0.15, 0.2) is 0 Å². The Hall–Kier alpha value is -2.68. The Morgan fingerprint density at radius 2 is 1.77 bits per heavy atom. The van der Waals surface area contributed by atoms with Crippen LogP contribution in [0.3, 0.4) is 0 Å². The molecule has 0 saturated heterocycles. The van der Waals surface area contributed by atoms with Crippen molar-refractivity contribution < 1.29 is 22.5 Å². The fourth-order valence-corrected chi connectivity index (χ4v) is 3.26. The van der Waals surface area contributed by atoms with Crippen LogP contribution in [0.25, 0.3) is 11.4 Å². The Bertz CT molecular complexity index is 1020. The molecule has 5 nitrogen and oxygen atoms in total. The van der Waals surface area contributed by atoms with Crippen LogP contribution in [0.2, 0.25) is 0 Å². The Labute approximate surface area is 186 Å². The van der Waals surface area contributed by atoms with Gasteiger partial charge in [-0.2, -0.15) is 18.2 Å². The second-order valence-corrected chi connectivity index (χ2v) is 8.02. The standard InChI is InChI=1S/C22H21BrF3N3O2/c1-3-14(2)29(21(30)16-4-8-17(9-5-16)22(24,25)26)13-12-19-27-20(28-31-19)15-6-10-18(23)11-7-15/h4-11,14H,3,12-13H2,1-2H3/t14-/m1/s1. The van der Waals surface area contributed by atoms with Crippen molar-refractivity contribution in [1.29, 1.82) is 0 Å². The van der Waals surface area contributed by atoms with Gasteiger partial charge in [-0.3, -0.25) is 4.79 Å². The summed E-state index contributed by atoms with van der Waals surface area (Å²) in [6, 6.07) is 11.6. The van der Waals surface area contributed by atoms with E-state index in [1.165, 1.54) is 12.1 Å². The summed E-state index contributed by atoms with van der Waals surface area (Å²) in [5.41, 5.74) is 0.220. The van der Waals surface area contributed by atoms with E-state index < -0.39 is 11.7 Å². The molecular weight excluding hydrogens is 475 g/mol. The quantitative estimate of drug-likeness (QED) is 0.403. The lowest BCUT2D eigenvalue weighted by Crippen LogP contribution is -2.39. The average molecular weight is 496 g/mol. The van der Waals surface area contributed by atoms with Gasteiger partial charge in [0.25, 0.3) is 5.91 Å². The molecule has 9 heteroatoms. The Kier molecular flexibility index (Phi) is 7.15. The van der Waals surface area contributed by atoms with Gasteiger partial charge in [0, 0.05) is 34.6 Å². The third kappa shape index (κ3) is 5.72. The van der Waals surface area contributed by atoms with Crippen molar-refractivity contribution in [1.82, 2.24) is 15.0 Å². The van der Waals surface area contributed by atoms with Gasteiger partial charge in [-0.05, 0) is 61.9 Å². The maximum atomic E-state index is 13.0. The molecule has 1 atom stereocenters. The van der Waals surface area contributed by atoms with Gasteiger partial charge >= 0.3 is 6.18 Å². The maximum Gasteiger partial charge on any atom is 0.416 e. The average Bonchev–Trinajstić information content (AvgIpc) is 3.22. The fourth-order valence-electron chi connectivity index (χ4n) is 3.00. The zero-order chi connectivity index (χ0) is 22.6. The van der Waals surface area contributed by atoms with E-state index in [-0.39, 0.29) is 17.5 Å². The normalized spacial score (nSPS) is 12.6. The predicted molar refractivity (Wildman–Crippen MR) is 113 cm³/mol. The molecule has 1 amide bonds. The topological polar surface area (TPSA) is 59.2 Å². The van der Waals surface area contributed by atoms with Crippen molar-refractivity contribution in [2.75, 3.05) is 6.54 Å². The summed E-state index contributed by atoms with van der Waals surface area (Å²) in [6.07, 6.45) is -3.41. The van der Waals surface area contributed by atoms with Crippen molar-refractivity contribution in [2.45, 2.75) is 38.9 Å². The molecular formula is C22H21BrF3N3O2. The zero-order valence-electron chi connectivity index (χ0n) is 17.0. The van der Waals surface area contributed by atoms with Crippen molar-refractivity contribution in [3.05, 3.63) is 70.0 Å². The van der Waals surface area contributed by atoms with E-state index in [1.807, 2.05) is 38.1 Å². The van der Waals surface area contributed by atoms with E-state index in [0.717, 1.165) is 22.2 Å². The van der Waals surface area contributed by atoms with Crippen LogP contribution in [0.5, 0.6) is 0 Å². The van der Waals surface area contributed by atoms with Crippen molar-refractivity contribution in [3.63, 3.8) is 0 Å². The number of benzene rings is 2. The monoisotopic (exact) mass is 495 g/mol. The molecule has 3 aromatic rings. The first kappa shape index (κ1) is 23.0. The van der Waals surface area contributed by atoms with Crippen LogP contribution in [0.4, 0.5) is 13.2 Å². The number of amides is 1. The van der Waals surface area contributed by atoms with E-state index in [4.69, 9.17) is 4.52 Å². The first-order chi connectivity index (χ1) is 14.7. The summed E-state index contributed by atoms with van der Waals surface area (Å²) in [7, 11) is 0. The molecule has 1 aromatic heterocycles. The lowest BCUT2D eigenvalue weighted by Gasteiger charge is -2.28. The largest absolute Gasteiger partial charge is 0.416 e. The SMILES string of the molecule is CC[C@@H](C)N(CCc1nc(-c2ccc(Br)cc2)no1)C(=O)c1ccc(C(F)(F)F)cc1. The Morgan fingerprint density at radius 3 is 2.35 bits per heavy atom. The molecule has 0 aliphatic heterocycles. The highest BCUT2D eigenvalue weighted by atomic mass is 79.9. The van der Waals surface area contributed by atoms with Gasteiger partial charge in [-0.1, -0.05) is 28.0 Å². The molecule has 3 rings (SSSR count). The molecule has 0 saturated carbocycles. The molecule has 1 heterocycles. The Morgan fingerprint density at radius 1 is 1.13 bits per heavy atom. The number of aromatic nitrogens is 2. The molecule has 164 valence electrons. The van der Waals surface area contributed by atoms with Gasteiger partial charge in [-0.15, -0.1) is 0 Å². The van der Waals surface area contributed by atoms with Gasteiger partial charge in [-0.25, -0.2) is 0 Å². The van der Waals surface area contributed by atoms with Gasteiger partial charge < -0.3 is 9.42 Å². The summed E-state index contributed by atoms with van der Waals surface area (Å²) < 4.78 is 44.6. The zero-order valence-corrected chi connectivity index (χ0v) is 18.6. The summed E-state index contributed by atoms with van der Waals surface area (Å²) in [4.78, 5) is 19.0. The van der Waals surface area contributed by atoms with E-state index >= 15 is 0 Å². The predicted octanol–water partition coefficient (Wildman–Crippen LogP) is 6.00. The molecule has 0 aliphatic rings. The minimum absolute atomic E-state index is 0.108. The molecule has 0 unspecified atom stereocenters. The number of rotatable bonds is 7. The summed E-state index contributed by atoms with van der Waals surface area (Å²) in [5, 5.41) is 3.98. The third-order valence-electron chi connectivity index (χ3n) is 4.98. The van der Waals surface area contributed by atoms with Gasteiger partial charge in [0.1, 0.15) is 0 Å². The van der Waals surface area contributed by atoms with Crippen LogP contribution in [0.1, 0.15) is 42.1 Å². The molecule has 0 radical (unpaired) electrons. The first-order valence-corrected chi connectivity index (χ1v) is 10.5. The number of carbonyl (C=O) groups excluding carboxylic acids is 1. The highest BCUT2D eigenvalue weighted by molar-refractivity contribution is 9.10. The van der Waals surface area contributed by atoms with Crippen LogP contribution >= 0.6 is 15.9 Å². The number of nitrogens with zero attached hydrogens (tertiary/aromatic N) is 3. The minimum Gasteiger partial charge on any atom is -0.339 e. The maximum absolute atomic E-state index is 13.0. The van der Waals surface area contributed by atoms with Gasteiger partial charge in [0.05, 0.1) is 5.56 Å². The van der Waals surface area contributed by atoms with Crippen LogP contribution in [-0.2, 0) is 12.6 Å². The first-order valence-electron chi connectivity index (χ1n) is 9.75. The number of carbonyl (C=O) groups is 1. The second-order valence-electron chi connectivity index (χ2n) is 7.10. The number of alkyl halides is 3. The lowest BCUT2D eigenvalue weighted by molar-refractivity contribution is -0.137. The van der Waals surface area contributed by atoms with Crippen LogP contribution in [-0.4, -0.2) is 33.5 Å². The second kappa shape index (κ2) is 9.64. The number of halogens is 4. The highest BCUT2D eigenvalue weighted by Gasteiger charge is 2.30. The lowest BCUT2D eigenvalue weighted by atomic mass is 10.1. The number of hydrogen-bond donors (Lipinski definition) is 0. The third-order valence-corrected chi connectivity index (χ3v) is 5.51. The minimum atomic E-state index is -4.44. The van der Waals surface area contributed by atoms with E-state index in [0.29, 0.717) is 31.1 Å². The molecule has 31 heavy (non-hydrogen) atoms.